The monoisotopic (exact) mass is 385 g/mol. The Kier molecular flexibility index (Phi) is 5.56. The van der Waals surface area contributed by atoms with Gasteiger partial charge in [-0.2, -0.15) is 0 Å². The summed E-state index contributed by atoms with van der Waals surface area (Å²) >= 11 is 0. The van der Waals surface area contributed by atoms with E-state index in [0.717, 1.165) is 28.3 Å². The van der Waals surface area contributed by atoms with Gasteiger partial charge in [0.1, 0.15) is 11.5 Å². The summed E-state index contributed by atoms with van der Waals surface area (Å²) in [7, 11) is 3.34. The molecular formula is C24H23N3O2. The summed E-state index contributed by atoms with van der Waals surface area (Å²) in [6, 6.07) is 26.2. The van der Waals surface area contributed by atoms with Crippen molar-refractivity contribution in [3.63, 3.8) is 0 Å². The van der Waals surface area contributed by atoms with E-state index in [1.807, 2.05) is 59.6 Å². The predicted octanol–water partition coefficient (Wildman–Crippen LogP) is 5.67. The molecule has 29 heavy (non-hydrogen) atoms. The average Bonchev–Trinajstić information content (AvgIpc) is 2.80. The molecule has 0 amide bonds. The Balaban J connectivity index is 1.67. The molecule has 1 atom stereocenters. The predicted molar refractivity (Wildman–Crippen MR) is 114 cm³/mol. The Labute approximate surface area is 170 Å². The zero-order chi connectivity index (χ0) is 20.1. The highest BCUT2D eigenvalue weighted by Gasteiger charge is 2.23. The second-order valence-electron chi connectivity index (χ2n) is 6.77. The van der Waals surface area contributed by atoms with Crippen LogP contribution < -0.4 is 9.47 Å². The molecule has 5 heteroatoms. The third kappa shape index (κ3) is 4.29. The van der Waals surface area contributed by atoms with Crippen molar-refractivity contribution in [2.24, 2.45) is 10.3 Å². The molecule has 0 aliphatic carbocycles. The SMILES string of the molecule is COc1ccc(C2=CC(c3ccc(OC)cc3)N(Cc3ccccc3)N=N2)cc1. The molecule has 0 fully saturated rings. The van der Waals surface area contributed by atoms with Gasteiger partial charge in [-0.1, -0.05) is 47.7 Å². The smallest absolute Gasteiger partial charge is 0.118 e. The van der Waals surface area contributed by atoms with E-state index < -0.39 is 0 Å². The normalized spacial score (nSPS) is 15.7. The van der Waals surface area contributed by atoms with Gasteiger partial charge >= 0.3 is 0 Å². The lowest BCUT2D eigenvalue weighted by atomic mass is 10.0. The molecule has 5 nitrogen and oxygen atoms in total. The fourth-order valence-electron chi connectivity index (χ4n) is 3.32. The number of nitrogens with zero attached hydrogens (tertiary/aromatic N) is 3. The van der Waals surface area contributed by atoms with Gasteiger partial charge in [0.25, 0.3) is 0 Å². The average molecular weight is 385 g/mol. The van der Waals surface area contributed by atoms with Gasteiger partial charge in [0.15, 0.2) is 0 Å². The molecule has 146 valence electrons. The van der Waals surface area contributed by atoms with E-state index in [2.05, 4.69) is 40.7 Å². The maximum absolute atomic E-state index is 5.31. The lowest BCUT2D eigenvalue weighted by Crippen LogP contribution is -2.24. The Morgan fingerprint density at radius 2 is 1.41 bits per heavy atom. The molecule has 0 radical (unpaired) electrons. The Bertz CT molecular complexity index is 997. The summed E-state index contributed by atoms with van der Waals surface area (Å²) in [4.78, 5) is 0. The molecule has 3 aromatic carbocycles. The van der Waals surface area contributed by atoms with Crippen LogP contribution in [0.1, 0.15) is 22.7 Å². The summed E-state index contributed by atoms with van der Waals surface area (Å²) in [6.45, 7) is 0.674. The van der Waals surface area contributed by atoms with Crippen LogP contribution in [0, 0.1) is 0 Å². The van der Waals surface area contributed by atoms with Crippen molar-refractivity contribution < 1.29 is 9.47 Å². The van der Waals surface area contributed by atoms with Crippen LogP contribution in [-0.2, 0) is 6.54 Å². The van der Waals surface area contributed by atoms with Crippen LogP contribution in [-0.4, -0.2) is 19.2 Å². The zero-order valence-electron chi connectivity index (χ0n) is 16.5. The third-order valence-corrected chi connectivity index (χ3v) is 4.93. The Morgan fingerprint density at radius 1 is 0.793 bits per heavy atom. The number of hydrogen-bond donors (Lipinski definition) is 0. The van der Waals surface area contributed by atoms with Crippen molar-refractivity contribution in [1.29, 1.82) is 0 Å². The first-order chi connectivity index (χ1) is 14.3. The van der Waals surface area contributed by atoms with Crippen molar-refractivity contribution in [2.45, 2.75) is 12.6 Å². The molecule has 1 unspecified atom stereocenters. The van der Waals surface area contributed by atoms with Gasteiger partial charge in [0, 0.05) is 5.56 Å². The quantitative estimate of drug-likeness (QED) is 0.549. The van der Waals surface area contributed by atoms with Gasteiger partial charge in [0.05, 0.1) is 32.5 Å². The number of methoxy groups -OCH3 is 2. The summed E-state index contributed by atoms with van der Waals surface area (Å²) in [6.07, 6.45) is 2.15. The molecular weight excluding hydrogens is 362 g/mol. The van der Waals surface area contributed by atoms with Crippen LogP contribution in [0.4, 0.5) is 0 Å². The van der Waals surface area contributed by atoms with E-state index in [0.29, 0.717) is 6.54 Å². The van der Waals surface area contributed by atoms with Crippen LogP contribution in [0.5, 0.6) is 11.5 Å². The van der Waals surface area contributed by atoms with Crippen LogP contribution in [0.25, 0.3) is 5.70 Å². The fraction of sp³-hybridized carbons (Fsp3) is 0.167. The molecule has 3 aromatic rings. The van der Waals surface area contributed by atoms with Crippen LogP contribution in [0.2, 0.25) is 0 Å². The van der Waals surface area contributed by atoms with Crippen LogP contribution in [0.15, 0.2) is 95.3 Å². The molecule has 0 bridgehead atoms. The van der Waals surface area contributed by atoms with Gasteiger partial charge < -0.3 is 9.47 Å². The molecule has 0 saturated carbocycles. The third-order valence-electron chi connectivity index (χ3n) is 4.93. The van der Waals surface area contributed by atoms with E-state index in [1.165, 1.54) is 5.56 Å². The fourth-order valence-corrected chi connectivity index (χ4v) is 3.32. The highest BCUT2D eigenvalue weighted by molar-refractivity contribution is 5.66. The largest absolute Gasteiger partial charge is 0.497 e. The van der Waals surface area contributed by atoms with Gasteiger partial charge in [-0.05, 0) is 53.6 Å². The maximum atomic E-state index is 5.31. The molecule has 1 heterocycles. The van der Waals surface area contributed by atoms with E-state index in [9.17, 15) is 0 Å². The van der Waals surface area contributed by atoms with E-state index >= 15 is 0 Å². The van der Waals surface area contributed by atoms with Crippen molar-refractivity contribution >= 4 is 5.70 Å². The molecule has 0 N–H and O–H groups in total. The zero-order valence-corrected chi connectivity index (χ0v) is 16.5. The maximum Gasteiger partial charge on any atom is 0.118 e. The van der Waals surface area contributed by atoms with Gasteiger partial charge in [0.2, 0.25) is 0 Å². The lowest BCUT2D eigenvalue weighted by Gasteiger charge is -2.29. The molecule has 0 saturated heterocycles. The minimum atomic E-state index is -0.0317. The van der Waals surface area contributed by atoms with Crippen molar-refractivity contribution in [3.05, 3.63) is 102 Å². The minimum absolute atomic E-state index is 0.0317. The molecule has 0 aromatic heterocycles. The summed E-state index contributed by atoms with van der Waals surface area (Å²) < 4.78 is 10.6. The molecule has 1 aliphatic rings. The van der Waals surface area contributed by atoms with Crippen molar-refractivity contribution in [2.75, 3.05) is 14.2 Å². The van der Waals surface area contributed by atoms with Crippen LogP contribution in [0.3, 0.4) is 0 Å². The first-order valence-electron chi connectivity index (χ1n) is 9.49. The van der Waals surface area contributed by atoms with Gasteiger partial charge in [-0.3, -0.25) is 5.01 Å². The van der Waals surface area contributed by atoms with E-state index in [-0.39, 0.29) is 6.04 Å². The summed E-state index contributed by atoms with van der Waals surface area (Å²) in [5, 5.41) is 11.0. The Morgan fingerprint density at radius 3 is 2.03 bits per heavy atom. The highest BCUT2D eigenvalue weighted by atomic mass is 16.5. The Hall–Kier alpha value is -3.60. The van der Waals surface area contributed by atoms with Gasteiger partial charge in [-0.15, -0.1) is 5.11 Å². The van der Waals surface area contributed by atoms with Gasteiger partial charge in [-0.25, -0.2) is 0 Å². The lowest BCUT2D eigenvalue weighted by molar-refractivity contribution is 0.210. The van der Waals surface area contributed by atoms with Crippen molar-refractivity contribution in [3.8, 4) is 11.5 Å². The molecule has 4 rings (SSSR count). The number of rotatable bonds is 6. The first-order valence-corrected chi connectivity index (χ1v) is 9.49. The number of ether oxygens (including phenoxy) is 2. The van der Waals surface area contributed by atoms with E-state index in [4.69, 9.17) is 9.47 Å². The summed E-state index contributed by atoms with van der Waals surface area (Å²) in [5.74, 6) is 1.65. The number of benzene rings is 3. The summed E-state index contributed by atoms with van der Waals surface area (Å²) in [5.41, 5.74) is 4.17. The molecule has 0 spiro atoms. The second-order valence-corrected chi connectivity index (χ2v) is 6.77. The standard InChI is InChI=1S/C24H23N3O2/c1-28-21-12-8-19(9-13-21)23-16-24(20-10-14-22(29-2)15-11-20)27(26-25-23)17-18-6-4-3-5-7-18/h3-16,24H,17H2,1-2H3. The second kappa shape index (κ2) is 8.61. The number of hydrogen-bond acceptors (Lipinski definition) is 5. The van der Waals surface area contributed by atoms with Crippen molar-refractivity contribution in [1.82, 2.24) is 5.01 Å². The van der Waals surface area contributed by atoms with E-state index in [1.54, 1.807) is 14.2 Å². The minimum Gasteiger partial charge on any atom is -0.497 e. The highest BCUT2D eigenvalue weighted by Crippen LogP contribution is 2.34. The topological polar surface area (TPSA) is 46.4 Å². The molecule has 1 aliphatic heterocycles. The van der Waals surface area contributed by atoms with Crippen LogP contribution >= 0.6 is 0 Å². The first kappa shape index (κ1) is 18.7.